The van der Waals surface area contributed by atoms with Crippen molar-refractivity contribution in [3.8, 4) is 0 Å². The van der Waals surface area contributed by atoms with E-state index in [0.29, 0.717) is 6.26 Å². The topological polar surface area (TPSA) is 91.7 Å². The van der Waals surface area contributed by atoms with Crippen LogP contribution in [0.15, 0.2) is 0 Å². The lowest BCUT2D eigenvalue weighted by Gasteiger charge is -2.31. The van der Waals surface area contributed by atoms with E-state index in [0.717, 1.165) is 6.92 Å². The highest BCUT2D eigenvalue weighted by Gasteiger charge is 2.32. The molecule has 0 aromatic carbocycles. The van der Waals surface area contributed by atoms with E-state index >= 15 is 0 Å². The van der Waals surface area contributed by atoms with E-state index in [1.54, 1.807) is 0 Å². The van der Waals surface area contributed by atoms with E-state index in [-0.39, 0.29) is 0 Å². The molecule has 0 aliphatic carbocycles. The zero-order valence-corrected chi connectivity index (χ0v) is 7.05. The van der Waals surface area contributed by atoms with Crippen LogP contribution in [0.2, 0.25) is 0 Å². The molecule has 0 unspecified atom stereocenters. The van der Waals surface area contributed by atoms with Gasteiger partial charge in [0.2, 0.25) is 0 Å². The second kappa shape index (κ2) is 2.38. The van der Waals surface area contributed by atoms with Gasteiger partial charge in [0.25, 0.3) is 0 Å². The summed E-state index contributed by atoms with van der Waals surface area (Å²) in [6.07, 6.45) is 0.668. The lowest BCUT2D eigenvalue weighted by atomic mass is 10.5. The van der Waals surface area contributed by atoms with Crippen LogP contribution in [-0.2, 0) is 14.1 Å². The minimum Gasteiger partial charge on any atom is -0.466 e. The molecule has 0 amide bonds. The van der Waals surface area contributed by atoms with Gasteiger partial charge in [-0.05, 0) is 6.92 Å². The number of ketones is 1. The molecule has 5 nitrogen and oxygen atoms in total. The van der Waals surface area contributed by atoms with Crippen molar-refractivity contribution < 1.29 is 23.5 Å². The molecule has 0 aliphatic heterocycles. The van der Waals surface area contributed by atoms with Gasteiger partial charge in [-0.1, -0.05) is 9.35 Å². The van der Waals surface area contributed by atoms with Crippen molar-refractivity contribution in [3.05, 3.63) is 0 Å². The van der Waals surface area contributed by atoms with Crippen molar-refractivity contribution in [3.63, 3.8) is 0 Å². The summed E-state index contributed by atoms with van der Waals surface area (Å²) in [5.74, 6) is -1.44. The van der Waals surface area contributed by atoms with Crippen LogP contribution >= 0.6 is 0 Å². The molecule has 0 saturated heterocycles. The lowest BCUT2D eigenvalue weighted by Crippen LogP contribution is -2.44. The Kier molecular flexibility index (Phi) is 2.22. The third-order valence-electron chi connectivity index (χ3n) is 0.991. The van der Waals surface area contributed by atoms with Crippen molar-refractivity contribution in [1.29, 1.82) is 0 Å². The van der Waals surface area contributed by atoms with E-state index in [1.807, 2.05) is 0 Å². The molecular weight excluding hydrogens is 172 g/mol. The highest BCUT2D eigenvalue weighted by Crippen LogP contribution is 2.17. The predicted molar refractivity (Wildman–Crippen MR) is 40.3 cm³/mol. The number of Topliss-reactive ketones (excluding diaryl/α,β-unsaturated/α-hetero) is 1. The van der Waals surface area contributed by atoms with Gasteiger partial charge in [0, 0.05) is 6.26 Å². The zero-order chi connectivity index (χ0) is 9.31. The molecular formula is C5H10O5S. The van der Waals surface area contributed by atoms with E-state index in [2.05, 4.69) is 0 Å². The Morgan fingerprint density at radius 3 is 1.91 bits per heavy atom. The summed E-state index contributed by atoms with van der Waals surface area (Å²) >= 11 is 0. The van der Waals surface area contributed by atoms with Crippen molar-refractivity contribution >= 4 is 20.4 Å². The maximum atomic E-state index is 11.0. The van der Waals surface area contributed by atoms with Crippen molar-refractivity contribution in [2.24, 2.45) is 0 Å². The van der Waals surface area contributed by atoms with Gasteiger partial charge in [0.1, 0.15) is 11.5 Å². The Bertz CT molecular complexity index is 260. The van der Waals surface area contributed by atoms with Crippen LogP contribution in [0.25, 0.3) is 0 Å². The molecule has 0 spiro atoms. The fraction of sp³-hybridized carbons (Fsp3) is 0.600. The normalized spacial score (nSPS) is 15.0. The fourth-order valence-corrected chi connectivity index (χ4v) is 1.62. The Balaban J connectivity index is 4.83. The van der Waals surface area contributed by atoms with Crippen LogP contribution in [0.3, 0.4) is 0 Å². The van der Waals surface area contributed by atoms with Gasteiger partial charge in [0.05, 0.1) is 0 Å². The van der Waals surface area contributed by atoms with Crippen LogP contribution in [-0.4, -0.2) is 37.0 Å². The van der Waals surface area contributed by atoms with Crippen LogP contribution in [0, 0.1) is 0 Å². The van der Waals surface area contributed by atoms with Gasteiger partial charge in [-0.25, -0.2) is 4.79 Å². The molecule has 0 aromatic heterocycles. The molecule has 2 N–H and O–H groups in total. The number of hydrogen-bond acceptors (Lipinski definition) is 3. The molecule has 0 fully saturated rings. The first kappa shape index (κ1) is 10.2. The van der Waals surface area contributed by atoms with E-state index < -0.39 is 26.2 Å². The van der Waals surface area contributed by atoms with Crippen LogP contribution in [0.5, 0.6) is 0 Å². The predicted octanol–water partition coefficient (Wildman–Crippen LogP) is 0.176. The van der Waals surface area contributed by atoms with E-state index in [4.69, 9.17) is 9.66 Å². The summed E-state index contributed by atoms with van der Waals surface area (Å²) in [7, 11) is -4.75. The zero-order valence-electron chi connectivity index (χ0n) is 6.23. The average Bonchev–Trinajstić information content (AvgIpc) is 1.57. The third-order valence-corrected chi connectivity index (χ3v) is 2.97. The standard InChI is InChI=1S/C5H10O5S/c1-4(6)3-11(2,9,10)5(7)8/h3H2,1-2H3,(H,7,8)(H,9,10). The number of rotatable bonds is 2. The molecule has 6 heteroatoms. The Labute approximate surface area is 63.6 Å². The highest BCUT2D eigenvalue weighted by molar-refractivity contribution is 8.27. The van der Waals surface area contributed by atoms with Gasteiger partial charge in [-0.2, -0.15) is 4.21 Å². The summed E-state index contributed by atoms with van der Waals surface area (Å²) in [6.45, 7) is 1.07. The fourth-order valence-electron chi connectivity index (χ4n) is 0.541. The molecule has 0 aromatic rings. The summed E-state index contributed by atoms with van der Waals surface area (Å²) in [5.41, 5.74) is 0. The van der Waals surface area contributed by atoms with Crippen LogP contribution in [0.4, 0.5) is 4.79 Å². The molecule has 0 rings (SSSR count). The molecule has 66 valence electrons. The first-order valence-electron chi connectivity index (χ1n) is 2.74. The van der Waals surface area contributed by atoms with Crippen LogP contribution in [0.1, 0.15) is 6.92 Å². The Morgan fingerprint density at radius 2 is 1.82 bits per heavy atom. The molecule has 0 radical (unpaired) electrons. The molecule has 0 aliphatic rings. The number of carbonyl (C=O) groups excluding carboxylic acids is 1. The molecule has 0 atom stereocenters. The smallest absolute Gasteiger partial charge is 0.419 e. The SMILES string of the molecule is CC(=O)CS(C)(=O)(O)C(=O)O. The summed E-state index contributed by atoms with van der Waals surface area (Å²) in [4.78, 5) is 20.6. The van der Waals surface area contributed by atoms with Gasteiger partial charge >= 0.3 is 5.30 Å². The van der Waals surface area contributed by atoms with Crippen molar-refractivity contribution in [2.75, 3.05) is 12.0 Å². The Hall–Kier alpha value is -0.750. The summed E-state index contributed by atoms with van der Waals surface area (Å²) in [6, 6.07) is 0. The number of carboxylic acid groups (broad SMARTS) is 1. The van der Waals surface area contributed by atoms with Gasteiger partial charge < -0.3 is 5.11 Å². The first-order chi connectivity index (χ1) is 4.63. The summed E-state index contributed by atoms with van der Waals surface area (Å²) < 4.78 is 20.0. The maximum absolute atomic E-state index is 11.0. The van der Waals surface area contributed by atoms with E-state index in [1.165, 1.54) is 0 Å². The molecule has 0 saturated carbocycles. The van der Waals surface area contributed by atoms with Gasteiger partial charge in [-0.3, -0.25) is 9.35 Å². The maximum Gasteiger partial charge on any atom is 0.419 e. The molecule has 0 heterocycles. The highest BCUT2D eigenvalue weighted by atomic mass is 32.3. The van der Waals surface area contributed by atoms with Crippen LogP contribution < -0.4 is 0 Å². The molecule has 0 bridgehead atoms. The quantitative estimate of drug-likeness (QED) is 0.635. The largest absolute Gasteiger partial charge is 0.466 e. The monoisotopic (exact) mass is 182 g/mol. The number of carbonyl (C=O) groups is 2. The average molecular weight is 182 g/mol. The second-order valence-corrected chi connectivity index (χ2v) is 6.20. The first-order valence-corrected chi connectivity index (χ1v) is 5.24. The van der Waals surface area contributed by atoms with Crippen molar-refractivity contribution in [1.82, 2.24) is 0 Å². The second-order valence-electron chi connectivity index (χ2n) is 2.59. The minimum absolute atomic E-state index is 0.616. The lowest BCUT2D eigenvalue weighted by molar-refractivity contribution is -0.114. The summed E-state index contributed by atoms with van der Waals surface area (Å²) in [5, 5.41) is 6.45. The van der Waals surface area contributed by atoms with Gasteiger partial charge in [0.15, 0.2) is 0 Å². The van der Waals surface area contributed by atoms with Crippen molar-refractivity contribution in [2.45, 2.75) is 6.92 Å². The third kappa shape index (κ3) is 2.77. The van der Waals surface area contributed by atoms with E-state index in [9.17, 15) is 13.8 Å². The molecule has 11 heavy (non-hydrogen) atoms. The minimum atomic E-state index is -4.75. The van der Waals surface area contributed by atoms with Gasteiger partial charge in [-0.15, -0.1) is 0 Å². The Morgan fingerprint density at radius 1 is 1.45 bits per heavy atom. The number of hydrogen-bond donors (Lipinski definition) is 2.